The monoisotopic (exact) mass is 421 g/mol. The average molecular weight is 422 g/mol. The van der Waals surface area contributed by atoms with Gasteiger partial charge in [-0.05, 0) is 41.2 Å². The van der Waals surface area contributed by atoms with E-state index in [0.29, 0.717) is 5.71 Å². The summed E-state index contributed by atoms with van der Waals surface area (Å²) in [6.07, 6.45) is 3.06. The molecule has 166 valence electrons. The zero-order valence-corrected chi connectivity index (χ0v) is 19.4. The van der Waals surface area contributed by atoms with Crippen molar-refractivity contribution in [1.29, 1.82) is 0 Å². The highest BCUT2D eigenvalue weighted by molar-refractivity contribution is 6.07. The molecule has 0 amide bonds. The van der Waals surface area contributed by atoms with Crippen molar-refractivity contribution in [2.75, 3.05) is 7.05 Å². The second-order valence-electron chi connectivity index (χ2n) is 11.8. The first kappa shape index (κ1) is 20.1. The fourth-order valence-electron chi connectivity index (χ4n) is 8.46. The maximum Gasteiger partial charge on any atom is 0.158 e. The molecule has 5 aliphatic rings. The van der Waals surface area contributed by atoms with E-state index in [9.17, 15) is 10.2 Å². The minimum Gasteiger partial charge on any atom is -0.654 e. The maximum absolute atomic E-state index is 13.2. The van der Waals surface area contributed by atoms with Crippen LogP contribution in [0.25, 0.3) is 5.32 Å². The number of likely N-dealkylation sites (N-methyl/N-ethyl adjacent to an activating group) is 1. The fourth-order valence-corrected chi connectivity index (χ4v) is 8.46. The Labute approximate surface area is 184 Å². The highest BCUT2D eigenvalue weighted by Crippen LogP contribution is 2.76. The van der Waals surface area contributed by atoms with Gasteiger partial charge in [0.25, 0.3) is 0 Å². The van der Waals surface area contributed by atoms with Crippen molar-refractivity contribution >= 4 is 11.4 Å². The highest BCUT2D eigenvalue weighted by atomic mass is 16.6. The molecule has 5 heteroatoms. The lowest BCUT2D eigenvalue weighted by Gasteiger charge is -2.75. The number of epoxide rings is 1. The van der Waals surface area contributed by atoms with Crippen LogP contribution < -0.4 is 0 Å². The van der Waals surface area contributed by atoms with Crippen LogP contribution in [0.5, 0.6) is 0 Å². The molecule has 0 aromatic heterocycles. The Kier molecular flexibility index (Phi) is 3.35. The van der Waals surface area contributed by atoms with Crippen LogP contribution in [0.4, 0.5) is 5.69 Å². The summed E-state index contributed by atoms with van der Waals surface area (Å²) in [7, 11) is 1.78. The molecule has 31 heavy (non-hydrogen) atoms. The van der Waals surface area contributed by atoms with E-state index in [2.05, 4.69) is 47.3 Å². The molecule has 0 bridgehead atoms. The predicted octanol–water partition coefficient (Wildman–Crippen LogP) is 4.13. The third-order valence-electron chi connectivity index (χ3n) is 10.0. The molecule has 6 rings (SSSR count). The minimum atomic E-state index is -1.62. The van der Waals surface area contributed by atoms with Crippen molar-refractivity contribution < 1.29 is 14.9 Å². The van der Waals surface area contributed by atoms with Crippen LogP contribution in [0, 0.1) is 16.7 Å². The fraction of sp³-hybridized carbons (Fsp3) is 0.654. The Morgan fingerprint density at radius 1 is 1.13 bits per heavy atom. The lowest BCUT2D eigenvalue weighted by molar-refractivity contribution is -0.246. The topological polar surface area (TPSA) is 79.5 Å². The summed E-state index contributed by atoms with van der Waals surface area (Å²) in [5.74, 6) is -0.216. The van der Waals surface area contributed by atoms with Crippen molar-refractivity contribution in [2.24, 2.45) is 21.7 Å². The Bertz CT molecular complexity index is 1080. The number of hydrogen-bond donors (Lipinski definition) is 2. The second kappa shape index (κ2) is 5.17. The van der Waals surface area contributed by atoms with Crippen molar-refractivity contribution in [3.05, 3.63) is 47.3 Å². The molecular formula is C26H33N2O3-. The largest absolute Gasteiger partial charge is 0.654 e. The number of ether oxygens (including phenoxy) is 1. The smallest absolute Gasteiger partial charge is 0.158 e. The zero-order valence-electron chi connectivity index (χ0n) is 19.4. The summed E-state index contributed by atoms with van der Waals surface area (Å²) in [6, 6.07) is 6.09. The van der Waals surface area contributed by atoms with Crippen LogP contribution in [0.3, 0.4) is 0 Å². The van der Waals surface area contributed by atoms with Gasteiger partial charge in [0.2, 0.25) is 0 Å². The summed E-state index contributed by atoms with van der Waals surface area (Å²) >= 11 is 0. The number of aliphatic hydroxyl groups is 2. The van der Waals surface area contributed by atoms with Crippen LogP contribution >= 0.6 is 0 Å². The molecule has 1 saturated heterocycles. The van der Waals surface area contributed by atoms with Gasteiger partial charge in [-0.3, -0.25) is 4.99 Å². The molecule has 2 N–H and O–H groups in total. The lowest BCUT2D eigenvalue weighted by atomic mass is 9.39. The standard InChI is InChI=1S/C26H33N2O3/c1-8-23(6)13-12-16-21(2,3)14-10-9-11-15-17(14)24(29)20(28-15)22(4,5)18-19(31-18)25(23,27-7)26(16,24)30/h8-11,16,18-19,29-30H,1,12-13H2,2-7H3/q-1. The number of aliphatic imine (C=N–C) groups is 1. The molecule has 2 saturated carbocycles. The molecule has 2 heterocycles. The molecule has 1 aromatic rings. The molecule has 7 unspecified atom stereocenters. The second-order valence-corrected chi connectivity index (χ2v) is 11.8. The van der Waals surface area contributed by atoms with Crippen LogP contribution in [-0.2, 0) is 15.8 Å². The first-order valence-electron chi connectivity index (χ1n) is 11.5. The number of hydrogen-bond acceptors (Lipinski definition) is 4. The number of nitrogens with zero attached hydrogens (tertiary/aromatic N) is 2. The Morgan fingerprint density at radius 2 is 1.84 bits per heavy atom. The van der Waals surface area contributed by atoms with E-state index in [-0.39, 0.29) is 23.5 Å². The molecule has 5 nitrogen and oxygen atoms in total. The molecule has 0 radical (unpaired) electrons. The van der Waals surface area contributed by atoms with Gasteiger partial charge in [0.05, 0.1) is 29.2 Å². The summed E-state index contributed by atoms with van der Waals surface area (Å²) in [4.78, 5) is 5.02. The highest BCUT2D eigenvalue weighted by Gasteiger charge is 2.83. The van der Waals surface area contributed by atoms with E-state index in [0.717, 1.165) is 29.7 Å². The molecule has 3 fully saturated rings. The van der Waals surface area contributed by atoms with Crippen molar-refractivity contribution in [3.63, 3.8) is 0 Å². The van der Waals surface area contributed by atoms with Crippen LogP contribution in [0.1, 0.15) is 58.6 Å². The van der Waals surface area contributed by atoms with E-state index >= 15 is 0 Å². The summed E-state index contributed by atoms with van der Waals surface area (Å²) in [5, 5.41) is 31.1. The average Bonchev–Trinajstić information content (AvgIpc) is 3.46. The van der Waals surface area contributed by atoms with Gasteiger partial charge in [0.15, 0.2) is 5.60 Å². The first-order valence-corrected chi connectivity index (χ1v) is 11.5. The molecular weight excluding hydrogens is 388 g/mol. The van der Waals surface area contributed by atoms with Crippen molar-refractivity contribution in [1.82, 2.24) is 0 Å². The Balaban J connectivity index is 1.83. The van der Waals surface area contributed by atoms with E-state index < -0.39 is 27.6 Å². The first-order chi connectivity index (χ1) is 14.4. The molecule has 1 aromatic carbocycles. The lowest BCUT2D eigenvalue weighted by Crippen LogP contribution is -2.81. The van der Waals surface area contributed by atoms with Crippen molar-refractivity contribution in [2.45, 2.75) is 81.8 Å². The van der Waals surface area contributed by atoms with Gasteiger partial charge >= 0.3 is 0 Å². The van der Waals surface area contributed by atoms with Crippen LogP contribution in [0.2, 0.25) is 0 Å². The minimum absolute atomic E-state index is 0.174. The number of fused-ring (bicyclic) bond motifs is 2. The Hall–Kier alpha value is -1.53. The zero-order chi connectivity index (χ0) is 22.4. The van der Waals surface area contributed by atoms with Crippen LogP contribution in [0.15, 0.2) is 35.8 Å². The molecule has 0 spiro atoms. The van der Waals surface area contributed by atoms with Gasteiger partial charge in [0.1, 0.15) is 0 Å². The summed E-state index contributed by atoms with van der Waals surface area (Å²) < 4.78 is 6.40. The van der Waals surface area contributed by atoms with Gasteiger partial charge in [-0.25, -0.2) is 0 Å². The quantitative estimate of drug-likeness (QED) is 0.556. The van der Waals surface area contributed by atoms with Gasteiger partial charge in [0, 0.05) is 11.0 Å². The number of benzene rings is 1. The van der Waals surface area contributed by atoms with Gasteiger partial charge < -0.3 is 20.3 Å². The maximum atomic E-state index is 13.2. The van der Waals surface area contributed by atoms with E-state index in [1.54, 1.807) is 7.05 Å². The SMILES string of the molecule is C=CC1(C)CCC2C(C)(C)c3cccc4c3C3(O)C(=N4)C(C)(C)C4OC4C1([N-]C)C23O. The van der Waals surface area contributed by atoms with Gasteiger partial charge in [-0.15, -0.1) is 6.58 Å². The van der Waals surface area contributed by atoms with Gasteiger partial charge in [-0.1, -0.05) is 58.4 Å². The van der Waals surface area contributed by atoms with Gasteiger partial charge in [-0.2, -0.15) is 7.05 Å². The van der Waals surface area contributed by atoms with E-state index in [4.69, 9.17) is 15.0 Å². The molecule has 7 atom stereocenters. The summed E-state index contributed by atoms with van der Waals surface area (Å²) in [5.41, 5.74) is -2.44. The van der Waals surface area contributed by atoms with Crippen molar-refractivity contribution in [3.8, 4) is 0 Å². The molecule has 2 aliphatic heterocycles. The summed E-state index contributed by atoms with van der Waals surface area (Å²) in [6.45, 7) is 14.9. The third-order valence-corrected chi connectivity index (χ3v) is 10.0. The molecule has 3 aliphatic carbocycles. The Morgan fingerprint density at radius 3 is 2.48 bits per heavy atom. The van der Waals surface area contributed by atoms with E-state index in [1.807, 2.05) is 18.2 Å². The van der Waals surface area contributed by atoms with E-state index in [1.165, 1.54) is 0 Å². The third kappa shape index (κ3) is 1.66. The number of rotatable bonds is 2. The van der Waals surface area contributed by atoms with Crippen LogP contribution in [-0.4, -0.2) is 46.3 Å². The normalized spacial score (nSPS) is 49.4. The predicted molar refractivity (Wildman–Crippen MR) is 121 cm³/mol.